The summed E-state index contributed by atoms with van der Waals surface area (Å²) in [6.07, 6.45) is 4.96. The standard InChI is InChI=1S/C48H66N8O8S/c1-28(61-7)39-33(12-10-18-49-39)41-35(21-48(5,6)27-57)34-20-29(14-17-38(34)56(41)31-22-53(23-31)30-15-16-30)37-26-65-43(50-37)42(54-24-32(25-54)62-8)40(51-46(60)64-47(2,3)4)44(58)55-19-11-13-36(52-55)45(59)63-9/h10,12,14,17-18,20,26,28,30-32,36,40,42,52,57H,11,13,15-16,19,21-25,27H2,1-9H3,(H,51,60)/t28-,36-,40-,42-/m0/s1. The first kappa shape index (κ1) is 47.0. The third kappa shape index (κ3) is 9.97. The number of hydrogen-bond donors (Lipinski definition) is 3. The Morgan fingerprint density at radius 1 is 1.02 bits per heavy atom. The number of alkyl carbamates (subject to hydrolysis) is 1. The van der Waals surface area contributed by atoms with Gasteiger partial charge in [0.25, 0.3) is 5.91 Å². The number of fused-ring (bicyclic) bond motifs is 1. The average molecular weight is 915 g/mol. The van der Waals surface area contributed by atoms with E-state index in [1.165, 1.54) is 36.3 Å². The van der Waals surface area contributed by atoms with Crippen molar-refractivity contribution in [3.8, 4) is 22.5 Å². The lowest BCUT2D eigenvalue weighted by Crippen LogP contribution is -2.65. The number of hydrazine groups is 1. The first-order valence-corrected chi connectivity index (χ1v) is 23.8. The molecule has 3 aliphatic heterocycles. The van der Waals surface area contributed by atoms with Crippen LogP contribution in [0.2, 0.25) is 0 Å². The number of likely N-dealkylation sites (tertiary alicyclic amines) is 2. The molecule has 6 heterocycles. The van der Waals surface area contributed by atoms with Crippen molar-refractivity contribution in [1.29, 1.82) is 0 Å². The predicted octanol–water partition coefficient (Wildman–Crippen LogP) is 6.05. The number of nitrogens with zero attached hydrogens (tertiary/aromatic N) is 6. The molecule has 0 spiro atoms. The van der Waals surface area contributed by atoms with Gasteiger partial charge in [-0.2, -0.15) is 0 Å². The molecule has 3 aromatic heterocycles. The average Bonchev–Trinajstić information content (AvgIpc) is 3.89. The van der Waals surface area contributed by atoms with E-state index in [1.54, 1.807) is 35.0 Å². The molecule has 3 N–H and O–H groups in total. The zero-order valence-corrected chi connectivity index (χ0v) is 40.1. The van der Waals surface area contributed by atoms with Crippen molar-refractivity contribution in [2.75, 3.05) is 60.7 Å². The molecule has 17 heteroatoms. The van der Waals surface area contributed by atoms with Crippen molar-refractivity contribution in [2.45, 2.75) is 122 Å². The predicted molar refractivity (Wildman–Crippen MR) is 248 cm³/mol. The smallest absolute Gasteiger partial charge is 0.408 e. The third-order valence-corrected chi connectivity index (χ3v) is 14.1. The second-order valence-electron chi connectivity index (χ2n) is 19.9. The van der Waals surface area contributed by atoms with Gasteiger partial charge in [-0.05, 0) is 95.0 Å². The Balaban J connectivity index is 1.23. The van der Waals surface area contributed by atoms with Gasteiger partial charge in [-0.3, -0.25) is 29.4 Å². The van der Waals surface area contributed by atoms with Crippen LogP contribution in [-0.4, -0.2) is 143 Å². The molecular weight excluding hydrogens is 849 g/mol. The van der Waals surface area contributed by atoms with Crippen LogP contribution in [0.25, 0.3) is 33.4 Å². The zero-order valence-electron chi connectivity index (χ0n) is 39.3. The van der Waals surface area contributed by atoms with Gasteiger partial charge in [0.15, 0.2) is 0 Å². The van der Waals surface area contributed by atoms with E-state index in [4.69, 9.17) is 28.9 Å². The van der Waals surface area contributed by atoms with E-state index in [1.807, 2.05) is 24.6 Å². The summed E-state index contributed by atoms with van der Waals surface area (Å²) >= 11 is 1.43. The summed E-state index contributed by atoms with van der Waals surface area (Å²) in [5, 5.41) is 18.8. The van der Waals surface area contributed by atoms with E-state index in [9.17, 15) is 19.5 Å². The summed E-state index contributed by atoms with van der Waals surface area (Å²) < 4.78 is 24.8. The SMILES string of the molecule is COC(=O)[C@@H]1CCCN(C(=O)[C@@H](NC(=O)OC(C)(C)C)[C@@H](c2nc(-c3ccc4c(c3)c(CC(C)(C)CO)c(-c3cccnc3[C@H](C)OC)n4C3CN(C4CC4)C3)cs2)N2CC(OC)C2)N1. The number of carbonyl (C=O) groups is 3. The van der Waals surface area contributed by atoms with Crippen molar-refractivity contribution in [3.63, 3.8) is 0 Å². The summed E-state index contributed by atoms with van der Waals surface area (Å²) in [7, 11) is 4.70. The number of pyridine rings is 1. The molecule has 4 fully saturated rings. The van der Waals surface area contributed by atoms with Gasteiger partial charge in [0, 0.05) is 93.2 Å². The maximum absolute atomic E-state index is 14.8. The minimum atomic E-state index is -1.14. The number of esters is 1. The monoisotopic (exact) mass is 914 g/mol. The Hall–Kier alpha value is -4.49. The fourth-order valence-electron chi connectivity index (χ4n) is 9.41. The number of rotatable bonds is 16. The number of ether oxygens (including phenoxy) is 4. The van der Waals surface area contributed by atoms with Crippen LogP contribution in [0.3, 0.4) is 0 Å². The highest BCUT2D eigenvalue weighted by molar-refractivity contribution is 7.10. The number of hydrogen-bond acceptors (Lipinski definition) is 14. The second-order valence-corrected chi connectivity index (χ2v) is 20.8. The molecule has 4 aliphatic rings. The number of aromatic nitrogens is 3. The molecule has 1 aliphatic carbocycles. The number of amides is 2. The van der Waals surface area contributed by atoms with E-state index in [0.29, 0.717) is 49.9 Å². The van der Waals surface area contributed by atoms with E-state index >= 15 is 0 Å². The highest BCUT2D eigenvalue weighted by Crippen LogP contribution is 2.46. The molecule has 16 nitrogen and oxygen atoms in total. The number of carbonyl (C=O) groups excluding carboxylic acids is 3. The van der Waals surface area contributed by atoms with Gasteiger partial charge in [-0.1, -0.05) is 19.9 Å². The molecule has 0 bridgehead atoms. The highest BCUT2D eigenvalue weighted by atomic mass is 32.1. The molecule has 1 aromatic carbocycles. The van der Waals surface area contributed by atoms with Gasteiger partial charge >= 0.3 is 12.1 Å². The van der Waals surface area contributed by atoms with Gasteiger partial charge in [0.1, 0.15) is 22.7 Å². The quantitative estimate of drug-likeness (QED) is 0.111. The lowest BCUT2D eigenvalue weighted by Gasteiger charge is -2.46. The molecule has 2 amide bonds. The van der Waals surface area contributed by atoms with Crippen molar-refractivity contribution in [2.24, 2.45) is 5.41 Å². The Labute approximate surface area is 385 Å². The number of aliphatic hydroxyl groups is 1. The second kappa shape index (κ2) is 19.0. The fraction of sp³-hybridized carbons (Fsp3) is 0.604. The largest absolute Gasteiger partial charge is 0.468 e. The lowest BCUT2D eigenvalue weighted by molar-refractivity contribution is -0.152. The maximum atomic E-state index is 14.8. The topological polar surface area (TPSA) is 173 Å². The molecule has 0 radical (unpaired) electrons. The maximum Gasteiger partial charge on any atom is 0.408 e. The Morgan fingerprint density at radius 2 is 1.77 bits per heavy atom. The van der Waals surface area contributed by atoms with Crippen molar-refractivity contribution in [3.05, 3.63) is 58.2 Å². The summed E-state index contributed by atoms with van der Waals surface area (Å²) in [6.45, 7) is 14.8. The molecule has 352 valence electrons. The molecule has 4 atom stereocenters. The van der Waals surface area contributed by atoms with Crippen molar-refractivity contribution >= 4 is 40.2 Å². The van der Waals surface area contributed by atoms with Crippen LogP contribution >= 0.6 is 11.3 Å². The van der Waals surface area contributed by atoms with Gasteiger partial charge in [-0.25, -0.2) is 15.2 Å². The summed E-state index contributed by atoms with van der Waals surface area (Å²) in [5.41, 5.74) is 8.67. The molecule has 65 heavy (non-hydrogen) atoms. The zero-order chi connectivity index (χ0) is 46.4. The van der Waals surface area contributed by atoms with Crippen LogP contribution in [0.4, 0.5) is 4.79 Å². The molecule has 3 saturated heterocycles. The van der Waals surface area contributed by atoms with Gasteiger partial charge in [0.05, 0.1) is 48.5 Å². The van der Waals surface area contributed by atoms with Gasteiger partial charge in [0.2, 0.25) is 0 Å². The Bertz CT molecular complexity index is 2360. The van der Waals surface area contributed by atoms with Crippen LogP contribution < -0.4 is 10.7 Å². The number of nitrogens with one attached hydrogen (secondary N) is 2. The molecule has 4 aromatic rings. The van der Waals surface area contributed by atoms with E-state index in [0.717, 1.165) is 57.8 Å². The fourth-order valence-corrected chi connectivity index (χ4v) is 10.4. The first-order valence-electron chi connectivity index (χ1n) is 22.9. The van der Waals surface area contributed by atoms with Crippen LogP contribution in [0.5, 0.6) is 0 Å². The van der Waals surface area contributed by atoms with Crippen molar-refractivity contribution < 1.29 is 38.4 Å². The summed E-state index contributed by atoms with van der Waals surface area (Å²) in [5.74, 6) is -0.890. The van der Waals surface area contributed by atoms with E-state index in [2.05, 4.69) is 63.2 Å². The highest BCUT2D eigenvalue weighted by Gasteiger charge is 2.46. The van der Waals surface area contributed by atoms with Gasteiger partial charge < -0.3 is 33.9 Å². The van der Waals surface area contributed by atoms with Crippen molar-refractivity contribution in [1.82, 2.24) is 40.1 Å². The number of thiazole rings is 1. The molecule has 0 unspecified atom stereocenters. The van der Waals surface area contributed by atoms with Gasteiger partial charge in [-0.15, -0.1) is 11.3 Å². The Morgan fingerprint density at radius 3 is 2.43 bits per heavy atom. The van der Waals surface area contributed by atoms with Crippen LogP contribution in [0.1, 0.15) is 102 Å². The third-order valence-electron chi connectivity index (χ3n) is 13.2. The summed E-state index contributed by atoms with van der Waals surface area (Å²) in [6, 6.07) is 9.04. The van der Waals surface area contributed by atoms with Crippen LogP contribution in [-0.2, 0) is 35.0 Å². The number of benzene rings is 1. The molecule has 1 saturated carbocycles. The minimum Gasteiger partial charge on any atom is -0.468 e. The van der Waals surface area contributed by atoms with Crippen LogP contribution in [0.15, 0.2) is 41.9 Å². The number of methoxy groups -OCH3 is 3. The summed E-state index contributed by atoms with van der Waals surface area (Å²) in [4.78, 5) is 55.8. The number of aliphatic hydroxyl groups excluding tert-OH is 1. The normalized spacial score (nSPS) is 20.5. The molecule has 8 rings (SSSR count). The van der Waals surface area contributed by atoms with Crippen LogP contribution in [0, 0.1) is 5.41 Å². The Kier molecular flexibility index (Phi) is 13.8. The minimum absolute atomic E-state index is 0.0107. The first-order chi connectivity index (χ1) is 31.0. The van der Waals surface area contributed by atoms with E-state index in [-0.39, 0.29) is 24.9 Å². The lowest BCUT2D eigenvalue weighted by atomic mass is 9.84. The van der Waals surface area contributed by atoms with E-state index < -0.39 is 47.1 Å². The molecular formula is C48H66N8O8S.